The molecule has 4 heterocycles. The summed E-state index contributed by atoms with van der Waals surface area (Å²) in [6, 6.07) is 11.0. The van der Waals surface area contributed by atoms with Crippen LogP contribution < -0.4 is 5.32 Å². The molecule has 3 amide bonds. The van der Waals surface area contributed by atoms with Crippen LogP contribution in [0.25, 0.3) is 0 Å². The maximum Gasteiger partial charge on any atom is 0.243 e. The molecule has 2 aliphatic heterocycles. The Morgan fingerprint density at radius 3 is 2.62 bits per heavy atom. The van der Waals surface area contributed by atoms with Crippen LogP contribution >= 0.6 is 0 Å². The van der Waals surface area contributed by atoms with Gasteiger partial charge in [0.15, 0.2) is 0 Å². The summed E-state index contributed by atoms with van der Waals surface area (Å²) in [4.78, 5) is 49.6. The van der Waals surface area contributed by atoms with Gasteiger partial charge in [-0.1, -0.05) is 30.3 Å². The molecular formula is C31H40N8O3. The van der Waals surface area contributed by atoms with Crippen molar-refractivity contribution in [3.63, 3.8) is 0 Å². The third kappa shape index (κ3) is 6.10. The lowest BCUT2D eigenvalue weighted by molar-refractivity contribution is -0.143. The fourth-order valence-electron chi connectivity index (χ4n) is 6.45. The first-order valence-corrected chi connectivity index (χ1v) is 15.2. The van der Waals surface area contributed by atoms with Gasteiger partial charge >= 0.3 is 0 Å². The molecule has 3 aliphatic rings. The van der Waals surface area contributed by atoms with Gasteiger partial charge in [0.05, 0.1) is 24.5 Å². The van der Waals surface area contributed by atoms with Crippen molar-refractivity contribution in [2.24, 2.45) is 5.41 Å². The molecule has 0 radical (unpaired) electrons. The molecule has 222 valence electrons. The van der Waals surface area contributed by atoms with Crippen LogP contribution in [-0.4, -0.2) is 77.7 Å². The predicted molar refractivity (Wildman–Crippen MR) is 155 cm³/mol. The highest BCUT2D eigenvalue weighted by Crippen LogP contribution is 2.48. The van der Waals surface area contributed by atoms with Gasteiger partial charge in [0, 0.05) is 38.4 Å². The number of rotatable bonds is 5. The Morgan fingerprint density at radius 1 is 1.02 bits per heavy atom. The third-order valence-corrected chi connectivity index (χ3v) is 8.86. The molecule has 3 aromatic rings. The second-order valence-electron chi connectivity index (χ2n) is 12.0. The van der Waals surface area contributed by atoms with Crippen molar-refractivity contribution >= 4 is 17.7 Å². The summed E-state index contributed by atoms with van der Waals surface area (Å²) in [5.74, 6) is 1.24. The van der Waals surface area contributed by atoms with E-state index in [9.17, 15) is 14.4 Å². The summed E-state index contributed by atoms with van der Waals surface area (Å²) in [7, 11) is 0. The molecule has 1 aliphatic carbocycles. The number of aromatic nitrogens is 5. The van der Waals surface area contributed by atoms with E-state index in [1.54, 1.807) is 11.1 Å². The number of piperidine rings is 1. The SMILES string of the molecule is Cc1nc2n(n1)CCN(C(=O)C1(Cn3cccn3)CC1)CCCC(=O)N1CCCC[C@H]1C(=O)N[C@@H]2Cc1ccccc1. The Hall–Kier alpha value is -4.02. The second-order valence-corrected chi connectivity index (χ2v) is 12.0. The van der Waals surface area contributed by atoms with Crippen LogP contribution in [0.15, 0.2) is 48.8 Å². The third-order valence-electron chi connectivity index (χ3n) is 8.86. The number of hydrogen-bond donors (Lipinski definition) is 1. The Morgan fingerprint density at radius 2 is 1.86 bits per heavy atom. The Labute approximate surface area is 246 Å². The van der Waals surface area contributed by atoms with Crippen molar-refractivity contribution in [1.29, 1.82) is 0 Å². The summed E-state index contributed by atoms with van der Waals surface area (Å²) in [5.41, 5.74) is 0.614. The highest BCUT2D eigenvalue weighted by Gasteiger charge is 2.52. The molecule has 2 fully saturated rings. The van der Waals surface area contributed by atoms with Crippen molar-refractivity contribution < 1.29 is 14.4 Å². The van der Waals surface area contributed by atoms with Gasteiger partial charge in [0.25, 0.3) is 0 Å². The molecule has 6 rings (SSSR count). The molecule has 42 heavy (non-hydrogen) atoms. The van der Waals surface area contributed by atoms with Gasteiger partial charge in [-0.2, -0.15) is 10.2 Å². The van der Waals surface area contributed by atoms with Crippen LogP contribution in [0, 0.1) is 12.3 Å². The fraction of sp³-hybridized carbons (Fsp3) is 0.548. The van der Waals surface area contributed by atoms with Crippen molar-refractivity contribution in [3.05, 3.63) is 66.0 Å². The zero-order valence-corrected chi connectivity index (χ0v) is 24.3. The number of fused-ring (bicyclic) bond motifs is 2. The molecule has 1 N–H and O–H groups in total. The van der Waals surface area contributed by atoms with Crippen LogP contribution in [0.5, 0.6) is 0 Å². The minimum atomic E-state index is -0.508. The van der Waals surface area contributed by atoms with E-state index in [0.29, 0.717) is 70.1 Å². The van der Waals surface area contributed by atoms with Crippen molar-refractivity contribution in [2.75, 3.05) is 19.6 Å². The lowest BCUT2D eigenvalue weighted by atomic mass is 9.99. The predicted octanol–water partition coefficient (Wildman–Crippen LogP) is 2.67. The highest BCUT2D eigenvalue weighted by atomic mass is 16.2. The minimum absolute atomic E-state index is 0.0180. The summed E-state index contributed by atoms with van der Waals surface area (Å²) in [5, 5.41) is 12.3. The molecular weight excluding hydrogens is 532 g/mol. The molecule has 1 aromatic carbocycles. The Bertz CT molecular complexity index is 1400. The molecule has 2 aromatic heterocycles. The quantitative estimate of drug-likeness (QED) is 0.502. The number of amides is 3. The van der Waals surface area contributed by atoms with Crippen LogP contribution in [0.4, 0.5) is 0 Å². The topological polar surface area (TPSA) is 118 Å². The first-order chi connectivity index (χ1) is 20.4. The van der Waals surface area contributed by atoms with Crippen LogP contribution in [0.3, 0.4) is 0 Å². The maximum absolute atomic E-state index is 14.0. The lowest BCUT2D eigenvalue weighted by Gasteiger charge is -2.36. The fourth-order valence-corrected chi connectivity index (χ4v) is 6.45. The van der Waals surface area contributed by atoms with Gasteiger partial charge < -0.3 is 15.1 Å². The van der Waals surface area contributed by atoms with Crippen molar-refractivity contribution in [3.8, 4) is 0 Å². The van der Waals surface area contributed by atoms with Gasteiger partial charge in [0.1, 0.15) is 17.7 Å². The normalized spacial score (nSPS) is 23.0. The summed E-state index contributed by atoms with van der Waals surface area (Å²) < 4.78 is 3.69. The molecule has 0 spiro atoms. The van der Waals surface area contributed by atoms with Gasteiger partial charge in [-0.25, -0.2) is 9.67 Å². The van der Waals surface area contributed by atoms with E-state index >= 15 is 0 Å². The van der Waals surface area contributed by atoms with Gasteiger partial charge in [0.2, 0.25) is 17.7 Å². The van der Waals surface area contributed by atoms with Crippen LogP contribution in [0.1, 0.15) is 68.2 Å². The number of nitrogens with zero attached hydrogens (tertiary/aromatic N) is 7. The summed E-state index contributed by atoms with van der Waals surface area (Å²) >= 11 is 0. The van der Waals surface area contributed by atoms with Crippen LogP contribution in [0.2, 0.25) is 0 Å². The summed E-state index contributed by atoms with van der Waals surface area (Å²) in [6.45, 7) is 4.36. The Balaban J connectivity index is 1.31. The monoisotopic (exact) mass is 572 g/mol. The molecule has 0 unspecified atom stereocenters. The smallest absolute Gasteiger partial charge is 0.243 e. The minimum Gasteiger partial charge on any atom is -0.344 e. The molecule has 1 saturated carbocycles. The number of aryl methyl sites for hydroxylation is 1. The first kappa shape index (κ1) is 28.1. The molecule has 2 atom stereocenters. The molecule has 11 heteroatoms. The van der Waals surface area contributed by atoms with Crippen LogP contribution in [-0.2, 0) is 33.9 Å². The number of benzene rings is 1. The lowest BCUT2D eigenvalue weighted by Crippen LogP contribution is -2.53. The largest absolute Gasteiger partial charge is 0.344 e. The van der Waals surface area contributed by atoms with Gasteiger partial charge in [-0.15, -0.1) is 0 Å². The molecule has 0 bridgehead atoms. The van der Waals surface area contributed by atoms with E-state index < -0.39 is 17.5 Å². The Kier molecular flexibility index (Phi) is 8.08. The van der Waals surface area contributed by atoms with E-state index in [4.69, 9.17) is 10.1 Å². The van der Waals surface area contributed by atoms with E-state index in [0.717, 1.165) is 31.2 Å². The maximum atomic E-state index is 14.0. The average molecular weight is 573 g/mol. The zero-order chi connectivity index (χ0) is 29.1. The van der Waals surface area contributed by atoms with E-state index in [2.05, 4.69) is 10.4 Å². The van der Waals surface area contributed by atoms with Gasteiger partial charge in [-0.3, -0.25) is 19.1 Å². The average Bonchev–Trinajstić information content (AvgIpc) is 3.40. The zero-order valence-electron chi connectivity index (χ0n) is 24.3. The standard InChI is InChI=1S/C31H40N8O3/c1-23-33-28-25(21-24-9-3-2-4-10-24)34-29(41)26-11-5-6-18-38(26)27(40)12-7-16-36(19-20-39(28)35-23)30(42)31(13-14-31)22-37-17-8-15-32-37/h2-4,8-10,15,17,25-26H,5-7,11-14,16,18-22H2,1H3,(H,34,41)/t25-,26+/m1/s1. The van der Waals surface area contributed by atoms with Crippen molar-refractivity contribution in [2.45, 2.75) is 83.5 Å². The number of hydrogen-bond acceptors (Lipinski definition) is 6. The highest BCUT2D eigenvalue weighted by molar-refractivity contribution is 5.88. The number of carbonyl (C=O) groups excluding carboxylic acids is 3. The molecule has 1 saturated heterocycles. The second kappa shape index (κ2) is 12.1. The van der Waals surface area contributed by atoms with E-state index in [1.807, 2.05) is 63.8 Å². The number of nitrogens with one attached hydrogen (secondary N) is 1. The molecule has 11 nitrogen and oxygen atoms in total. The first-order valence-electron chi connectivity index (χ1n) is 15.2. The number of carbonyl (C=O) groups is 3. The van der Waals surface area contributed by atoms with Crippen molar-refractivity contribution in [1.82, 2.24) is 39.7 Å². The van der Waals surface area contributed by atoms with E-state index in [1.165, 1.54) is 0 Å². The van der Waals surface area contributed by atoms with Gasteiger partial charge in [-0.05, 0) is 63.5 Å². The summed E-state index contributed by atoms with van der Waals surface area (Å²) in [6.07, 6.45) is 9.12. The van der Waals surface area contributed by atoms with E-state index in [-0.39, 0.29) is 17.7 Å².